The van der Waals surface area contributed by atoms with Gasteiger partial charge in [0.2, 0.25) is 5.72 Å². The third-order valence-electron chi connectivity index (χ3n) is 4.03. The Balaban J connectivity index is 3.37. The van der Waals surface area contributed by atoms with Crippen molar-refractivity contribution in [3.8, 4) is 0 Å². The van der Waals surface area contributed by atoms with Crippen molar-refractivity contribution >= 4 is 81.4 Å². The third kappa shape index (κ3) is 4.03. The number of likely N-dealkylation sites (N-methyl/N-ethyl adjacent to an activating group) is 2. The van der Waals surface area contributed by atoms with Gasteiger partial charge in [0.15, 0.2) is 7.59 Å². The predicted octanol–water partition coefficient (Wildman–Crippen LogP) is 3.50. The lowest BCUT2D eigenvalue weighted by Crippen LogP contribution is -2.69. The van der Waals surface area contributed by atoms with Crippen molar-refractivity contribution in [3.63, 3.8) is 0 Å². The molecule has 0 spiro atoms. The molecule has 0 unspecified atom stereocenters. The second-order valence-electron chi connectivity index (χ2n) is 5.60. The van der Waals surface area contributed by atoms with Crippen molar-refractivity contribution in [2.24, 2.45) is 11.8 Å². The van der Waals surface area contributed by atoms with Gasteiger partial charge in [-0.3, -0.25) is 9.59 Å². The largest absolute Gasteiger partial charge is 0.363 e. The van der Waals surface area contributed by atoms with Crippen molar-refractivity contribution in [2.45, 2.75) is 27.2 Å². The number of hydrogen-bond donors (Lipinski definition) is 1. The summed E-state index contributed by atoms with van der Waals surface area (Å²) < 4.78 is -3.65. The number of nitrogens with zero attached hydrogens (tertiary/aromatic N) is 2. The molecule has 3 atom stereocenters. The van der Waals surface area contributed by atoms with E-state index in [1.54, 1.807) is 6.92 Å². The smallest absolute Gasteiger partial charge is 0.280 e. The molecule has 24 heavy (non-hydrogen) atoms. The van der Waals surface area contributed by atoms with E-state index < -0.39 is 37.0 Å². The molecule has 0 radical (unpaired) electrons. The Hall–Kier alpha value is 0.380. The molecule has 0 saturated carbocycles. The number of alkyl halides is 6. The number of hydrogen-bond acceptors (Lipinski definition) is 3. The fourth-order valence-electron chi connectivity index (χ4n) is 2.19. The number of carbonyl (C=O) groups is 2. The summed E-state index contributed by atoms with van der Waals surface area (Å²) in [5.41, 5.74) is -2.39. The molecule has 1 fully saturated rings. The molecule has 2 amide bonds. The van der Waals surface area contributed by atoms with Crippen molar-refractivity contribution < 1.29 is 14.7 Å². The minimum atomic E-state index is -2.34. The molecule has 11 heteroatoms. The lowest BCUT2D eigenvalue weighted by molar-refractivity contribution is -0.194. The Kier molecular flexibility index (Phi) is 6.71. The van der Waals surface area contributed by atoms with Gasteiger partial charge in [0, 0.05) is 20.0 Å². The molecule has 1 saturated heterocycles. The molecule has 0 aromatic heterocycles. The van der Waals surface area contributed by atoms with Crippen LogP contribution < -0.4 is 0 Å². The van der Waals surface area contributed by atoms with Gasteiger partial charge in [-0.2, -0.15) is 0 Å². The van der Waals surface area contributed by atoms with E-state index in [0.29, 0.717) is 0 Å². The predicted molar refractivity (Wildman–Crippen MR) is 97.5 cm³/mol. The first-order chi connectivity index (χ1) is 10.6. The highest BCUT2D eigenvalue weighted by atomic mass is 35.6. The monoisotopic (exact) mass is 458 g/mol. The van der Waals surface area contributed by atoms with Gasteiger partial charge in [-0.05, 0) is 6.08 Å². The number of amides is 2. The van der Waals surface area contributed by atoms with E-state index in [-0.39, 0.29) is 5.70 Å². The van der Waals surface area contributed by atoms with Crippen LogP contribution in [0.2, 0.25) is 0 Å². The number of allylic oxidation sites excluding steroid dienone is 1. The van der Waals surface area contributed by atoms with E-state index in [0.717, 1.165) is 9.80 Å². The summed E-state index contributed by atoms with van der Waals surface area (Å²) in [4.78, 5) is 27.1. The molecule has 0 aromatic rings. The van der Waals surface area contributed by atoms with Gasteiger partial charge in [0.05, 0.1) is 5.92 Å². The summed E-state index contributed by atoms with van der Waals surface area (Å²) in [5, 5.41) is 10.8. The van der Waals surface area contributed by atoms with E-state index in [1.807, 2.05) is 0 Å². The lowest BCUT2D eigenvalue weighted by atomic mass is 9.92. The molecule has 5 nitrogen and oxygen atoms in total. The highest BCUT2D eigenvalue weighted by molar-refractivity contribution is 6.68. The van der Waals surface area contributed by atoms with Crippen LogP contribution in [0.1, 0.15) is 13.8 Å². The van der Waals surface area contributed by atoms with Gasteiger partial charge in [-0.15, -0.1) is 0 Å². The van der Waals surface area contributed by atoms with Crippen molar-refractivity contribution in [1.82, 2.24) is 9.80 Å². The van der Waals surface area contributed by atoms with Gasteiger partial charge < -0.3 is 14.9 Å². The number of halogens is 6. The minimum absolute atomic E-state index is 0.0532. The molecule has 0 aromatic carbocycles. The highest BCUT2D eigenvalue weighted by Gasteiger charge is 2.59. The summed E-state index contributed by atoms with van der Waals surface area (Å²) in [6.07, 6.45) is 1.34. The summed E-state index contributed by atoms with van der Waals surface area (Å²) >= 11 is 34.8. The Morgan fingerprint density at radius 2 is 1.50 bits per heavy atom. The molecule has 138 valence electrons. The summed E-state index contributed by atoms with van der Waals surface area (Å²) in [6.45, 7) is 2.91. The zero-order valence-electron chi connectivity index (χ0n) is 13.2. The topological polar surface area (TPSA) is 60.9 Å². The van der Waals surface area contributed by atoms with Crippen LogP contribution in [0.3, 0.4) is 0 Å². The molecule has 1 heterocycles. The molecule has 1 aliphatic rings. The van der Waals surface area contributed by atoms with E-state index in [9.17, 15) is 14.7 Å². The summed E-state index contributed by atoms with van der Waals surface area (Å²) in [7, 11) is 2.54. The second kappa shape index (κ2) is 7.18. The third-order valence-corrected chi connectivity index (χ3v) is 6.05. The number of rotatable bonds is 2. The van der Waals surface area contributed by atoms with E-state index in [1.165, 1.54) is 27.1 Å². The van der Waals surface area contributed by atoms with Crippen LogP contribution in [0, 0.1) is 11.8 Å². The van der Waals surface area contributed by atoms with Crippen LogP contribution in [0.25, 0.3) is 0 Å². The average molecular weight is 461 g/mol. The zero-order chi connectivity index (χ0) is 19.2. The molecular weight excluding hydrogens is 445 g/mol. The molecule has 1 rings (SSSR count). The van der Waals surface area contributed by atoms with Crippen LogP contribution in [-0.4, -0.2) is 54.1 Å². The zero-order valence-corrected chi connectivity index (χ0v) is 17.7. The van der Waals surface area contributed by atoms with Crippen LogP contribution in [0.15, 0.2) is 11.8 Å². The van der Waals surface area contributed by atoms with Crippen LogP contribution in [0.4, 0.5) is 0 Å². The summed E-state index contributed by atoms with van der Waals surface area (Å²) in [5.74, 6) is -3.40. The van der Waals surface area contributed by atoms with Crippen LogP contribution >= 0.6 is 69.6 Å². The van der Waals surface area contributed by atoms with Gasteiger partial charge in [0.25, 0.3) is 11.8 Å². The molecule has 1 N–H and O–H groups in total. The van der Waals surface area contributed by atoms with Gasteiger partial charge in [-0.1, -0.05) is 83.5 Å². The van der Waals surface area contributed by atoms with Crippen LogP contribution in [-0.2, 0) is 9.59 Å². The molecule has 1 aliphatic heterocycles. The van der Waals surface area contributed by atoms with Crippen molar-refractivity contribution in [1.29, 1.82) is 0 Å². The van der Waals surface area contributed by atoms with Gasteiger partial charge >= 0.3 is 0 Å². The minimum Gasteiger partial charge on any atom is -0.363 e. The van der Waals surface area contributed by atoms with E-state index in [4.69, 9.17) is 69.6 Å². The normalized spacial score (nSPS) is 27.7. The number of carbonyl (C=O) groups excluding carboxylic acids is 2. The number of piperazine rings is 1. The molecular formula is C13H16Cl6N2O3. The first kappa shape index (κ1) is 22.4. The van der Waals surface area contributed by atoms with Gasteiger partial charge in [0.1, 0.15) is 5.70 Å². The quantitative estimate of drug-likeness (QED) is 0.506. The average Bonchev–Trinajstić information content (AvgIpc) is 2.44. The van der Waals surface area contributed by atoms with Crippen molar-refractivity contribution in [2.75, 3.05) is 14.1 Å². The highest BCUT2D eigenvalue weighted by Crippen LogP contribution is 2.45. The maximum atomic E-state index is 12.7. The number of aliphatic hydroxyl groups is 1. The molecule has 0 aliphatic carbocycles. The first-order valence-corrected chi connectivity index (χ1v) is 8.97. The first-order valence-electron chi connectivity index (χ1n) is 6.70. The molecule has 0 bridgehead atoms. The van der Waals surface area contributed by atoms with Crippen molar-refractivity contribution in [3.05, 3.63) is 11.8 Å². The van der Waals surface area contributed by atoms with E-state index >= 15 is 0 Å². The Morgan fingerprint density at radius 3 is 1.88 bits per heavy atom. The van der Waals surface area contributed by atoms with Gasteiger partial charge in [-0.25, -0.2) is 0 Å². The maximum absolute atomic E-state index is 12.7. The summed E-state index contributed by atoms with van der Waals surface area (Å²) in [6, 6.07) is 0. The standard InChI is InChI=1S/C13H16Cl6N2O3/c1-6(12(14,15)16)5-8-9(22)21(4)11(24,10(23)20(8)3)7(2)13(17,18)19/h5-7,24H,1-4H3/b8-5+/t6-,7-,11+/m0/s1. The Labute approximate surface area is 170 Å². The Morgan fingerprint density at radius 1 is 1.04 bits per heavy atom. The Bertz CT molecular complexity index is 571. The SMILES string of the molecule is C[C@H](C(Cl)(Cl)Cl)[C@@]1(O)C(=O)N(C)/C(=C/[C@H](C)C(Cl)(Cl)Cl)C(=O)N1C. The van der Waals surface area contributed by atoms with E-state index in [2.05, 4.69) is 0 Å². The second-order valence-corrected chi connectivity index (χ2v) is 10.3. The lowest BCUT2D eigenvalue weighted by Gasteiger charge is -2.48. The van der Waals surface area contributed by atoms with Crippen LogP contribution in [0.5, 0.6) is 0 Å². The maximum Gasteiger partial charge on any atom is 0.280 e. The fraction of sp³-hybridized carbons (Fsp3) is 0.692. The fourth-order valence-corrected chi connectivity index (χ4v) is 2.83.